The second-order valence-electron chi connectivity index (χ2n) is 5.94. The van der Waals surface area contributed by atoms with E-state index in [9.17, 15) is 9.59 Å². The summed E-state index contributed by atoms with van der Waals surface area (Å²) in [7, 11) is 0. The minimum absolute atomic E-state index is 0.0345. The molecule has 5 heteroatoms. The van der Waals surface area contributed by atoms with Crippen LogP contribution in [-0.4, -0.2) is 25.0 Å². The van der Waals surface area contributed by atoms with Crippen molar-refractivity contribution in [2.75, 3.05) is 18.5 Å². The number of hydrogen-bond acceptors (Lipinski definition) is 3. The van der Waals surface area contributed by atoms with E-state index in [1.54, 1.807) is 24.3 Å². The van der Waals surface area contributed by atoms with E-state index in [4.69, 9.17) is 4.74 Å². The van der Waals surface area contributed by atoms with Crippen LogP contribution in [0.1, 0.15) is 34.8 Å². The van der Waals surface area contributed by atoms with Crippen LogP contribution in [0, 0.1) is 13.8 Å². The molecule has 0 atom stereocenters. The maximum atomic E-state index is 11.9. The topological polar surface area (TPSA) is 67.4 Å². The number of carbonyl (C=O) groups excluding carboxylic acids is 2. The average molecular weight is 340 g/mol. The zero-order valence-corrected chi connectivity index (χ0v) is 14.9. The molecule has 2 rings (SSSR count). The zero-order valence-electron chi connectivity index (χ0n) is 14.9. The molecule has 2 N–H and O–H groups in total. The molecule has 132 valence electrons. The van der Waals surface area contributed by atoms with Crippen molar-refractivity contribution in [3.63, 3.8) is 0 Å². The maximum Gasteiger partial charge on any atom is 0.319 e. The smallest absolute Gasteiger partial charge is 0.319 e. The van der Waals surface area contributed by atoms with Crippen LogP contribution in [0.4, 0.5) is 10.5 Å². The maximum absolute atomic E-state index is 11.9. The quantitative estimate of drug-likeness (QED) is 0.589. The molecule has 2 amide bonds. The number of rotatable bonds is 7. The molecule has 0 bridgehead atoms. The number of ether oxygens (including phenoxy) is 1. The van der Waals surface area contributed by atoms with Gasteiger partial charge in [0.1, 0.15) is 5.75 Å². The molecule has 0 fully saturated rings. The van der Waals surface area contributed by atoms with Gasteiger partial charge in [-0.1, -0.05) is 30.3 Å². The van der Waals surface area contributed by atoms with Crippen molar-refractivity contribution in [2.24, 2.45) is 0 Å². The van der Waals surface area contributed by atoms with Crippen molar-refractivity contribution in [1.29, 1.82) is 0 Å². The molecule has 0 radical (unpaired) electrons. The number of nitrogens with one attached hydrogen (secondary N) is 2. The highest BCUT2D eigenvalue weighted by atomic mass is 16.5. The van der Waals surface area contributed by atoms with Gasteiger partial charge < -0.3 is 15.4 Å². The second kappa shape index (κ2) is 8.87. The third-order valence-electron chi connectivity index (χ3n) is 3.79. The fraction of sp³-hybridized carbons (Fsp3) is 0.300. The third kappa shape index (κ3) is 5.64. The Bertz CT molecular complexity index is 736. The molecule has 2 aromatic rings. The Balaban J connectivity index is 1.72. The van der Waals surface area contributed by atoms with Crippen LogP contribution in [0.15, 0.2) is 42.5 Å². The second-order valence-corrected chi connectivity index (χ2v) is 5.94. The summed E-state index contributed by atoms with van der Waals surface area (Å²) in [6.07, 6.45) is 0.703. The highest BCUT2D eigenvalue weighted by Crippen LogP contribution is 2.22. The summed E-state index contributed by atoms with van der Waals surface area (Å²) in [5, 5.41) is 5.50. The predicted molar refractivity (Wildman–Crippen MR) is 99.5 cm³/mol. The van der Waals surface area contributed by atoms with Gasteiger partial charge in [0.25, 0.3) is 0 Å². The fourth-order valence-corrected chi connectivity index (χ4v) is 2.47. The standard InChI is InChI=1S/C20H24N2O3/c1-14-7-4-8-15(2)19(14)25-12-6-11-21-20(24)22-18-10-5-9-17(13-18)16(3)23/h4-5,7-10,13H,6,11-12H2,1-3H3,(H2,21,22,24). The number of amides is 2. The van der Waals surface area contributed by atoms with Crippen LogP contribution in [0.2, 0.25) is 0 Å². The van der Waals surface area contributed by atoms with Gasteiger partial charge in [0.05, 0.1) is 6.61 Å². The van der Waals surface area contributed by atoms with Crippen molar-refractivity contribution in [1.82, 2.24) is 5.32 Å². The van der Waals surface area contributed by atoms with E-state index < -0.39 is 0 Å². The number of carbonyl (C=O) groups is 2. The van der Waals surface area contributed by atoms with Crippen molar-refractivity contribution in [2.45, 2.75) is 27.2 Å². The van der Waals surface area contributed by atoms with Crippen molar-refractivity contribution in [3.05, 3.63) is 59.2 Å². The number of hydrogen-bond donors (Lipinski definition) is 2. The molecule has 0 saturated heterocycles. The minimum atomic E-state index is -0.298. The van der Waals surface area contributed by atoms with Gasteiger partial charge in [-0.15, -0.1) is 0 Å². The summed E-state index contributed by atoms with van der Waals surface area (Å²) < 4.78 is 5.80. The average Bonchev–Trinajstić information content (AvgIpc) is 2.57. The lowest BCUT2D eigenvalue weighted by Crippen LogP contribution is -2.30. The Kier molecular flexibility index (Phi) is 6.57. The van der Waals surface area contributed by atoms with Gasteiger partial charge in [-0.05, 0) is 50.5 Å². The summed E-state index contributed by atoms with van der Waals surface area (Å²) in [5.74, 6) is 0.876. The van der Waals surface area contributed by atoms with Gasteiger partial charge in [-0.2, -0.15) is 0 Å². The Morgan fingerprint density at radius 2 is 1.72 bits per heavy atom. The summed E-state index contributed by atoms with van der Waals surface area (Å²) >= 11 is 0. The Labute approximate surface area is 148 Å². The summed E-state index contributed by atoms with van der Waals surface area (Å²) in [6, 6.07) is 12.6. The molecule has 0 aromatic heterocycles. The van der Waals surface area contributed by atoms with Crippen LogP contribution in [0.25, 0.3) is 0 Å². The number of benzene rings is 2. The van der Waals surface area contributed by atoms with Crippen LogP contribution >= 0.6 is 0 Å². The Morgan fingerprint density at radius 1 is 1.04 bits per heavy atom. The van der Waals surface area contributed by atoms with Gasteiger partial charge in [0.2, 0.25) is 0 Å². The van der Waals surface area contributed by atoms with Crippen LogP contribution in [0.5, 0.6) is 5.75 Å². The van der Waals surface area contributed by atoms with Crippen molar-refractivity contribution in [3.8, 4) is 5.75 Å². The lowest BCUT2D eigenvalue weighted by molar-refractivity contribution is 0.101. The molecule has 0 aliphatic heterocycles. The Hall–Kier alpha value is -2.82. The van der Waals surface area contributed by atoms with Crippen LogP contribution in [0.3, 0.4) is 0 Å². The molecule has 2 aromatic carbocycles. The molecule has 5 nitrogen and oxygen atoms in total. The van der Waals surface area contributed by atoms with Crippen molar-refractivity contribution < 1.29 is 14.3 Å². The van der Waals surface area contributed by atoms with E-state index >= 15 is 0 Å². The monoisotopic (exact) mass is 340 g/mol. The SMILES string of the molecule is CC(=O)c1cccc(NC(=O)NCCCOc2c(C)cccc2C)c1. The van der Waals surface area contributed by atoms with Crippen LogP contribution < -0.4 is 15.4 Å². The Morgan fingerprint density at radius 3 is 2.40 bits per heavy atom. The van der Waals surface area contributed by atoms with Gasteiger partial charge in [0.15, 0.2) is 5.78 Å². The largest absolute Gasteiger partial charge is 0.493 e. The van der Waals surface area contributed by atoms with E-state index in [2.05, 4.69) is 10.6 Å². The number of urea groups is 1. The molecule has 25 heavy (non-hydrogen) atoms. The molecule has 0 saturated carbocycles. The van der Waals surface area contributed by atoms with E-state index in [0.717, 1.165) is 16.9 Å². The van der Waals surface area contributed by atoms with Crippen LogP contribution in [-0.2, 0) is 0 Å². The third-order valence-corrected chi connectivity index (χ3v) is 3.79. The number of anilines is 1. The highest BCUT2D eigenvalue weighted by molar-refractivity contribution is 5.96. The summed E-state index contributed by atoms with van der Waals surface area (Å²) in [6.45, 7) is 6.57. The first-order valence-electron chi connectivity index (χ1n) is 8.32. The normalized spacial score (nSPS) is 10.2. The van der Waals surface area contributed by atoms with Gasteiger partial charge in [0, 0.05) is 17.8 Å². The molecule has 0 spiro atoms. The van der Waals surface area contributed by atoms with Crippen molar-refractivity contribution >= 4 is 17.5 Å². The fourth-order valence-electron chi connectivity index (χ4n) is 2.47. The first kappa shape index (κ1) is 18.5. The zero-order chi connectivity index (χ0) is 18.2. The lowest BCUT2D eigenvalue weighted by Gasteiger charge is -2.12. The number of para-hydroxylation sites is 1. The first-order valence-corrected chi connectivity index (χ1v) is 8.32. The minimum Gasteiger partial charge on any atom is -0.493 e. The van der Waals surface area contributed by atoms with Gasteiger partial charge in [-0.3, -0.25) is 4.79 Å². The van der Waals surface area contributed by atoms with E-state index in [0.29, 0.717) is 30.8 Å². The highest BCUT2D eigenvalue weighted by Gasteiger charge is 2.05. The predicted octanol–water partition coefficient (Wildman–Crippen LogP) is 4.10. The van der Waals surface area contributed by atoms with E-state index in [1.807, 2.05) is 32.0 Å². The molecule has 0 unspecified atom stereocenters. The lowest BCUT2D eigenvalue weighted by atomic mass is 10.1. The summed E-state index contributed by atoms with van der Waals surface area (Å²) in [4.78, 5) is 23.2. The van der Waals surface area contributed by atoms with Gasteiger partial charge in [-0.25, -0.2) is 4.79 Å². The number of ketones is 1. The summed E-state index contributed by atoms with van der Waals surface area (Å²) in [5.41, 5.74) is 3.38. The van der Waals surface area contributed by atoms with E-state index in [-0.39, 0.29) is 11.8 Å². The van der Waals surface area contributed by atoms with E-state index in [1.165, 1.54) is 6.92 Å². The van der Waals surface area contributed by atoms with Gasteiger partial charge >= 0.3 is 6.03 Å². The molecular formula is C20H24N2O3. The molecule has 0 aliphatic carbocycles. The number of aryl methyl sites for hydroxylation is 2. The number of Topliss-reactive ketones (excluding diaryl/α,β-unsaturated/α-hetero) is 1. The molecule has 0 heterocycles. The first-order chi connectivity index (χ1) is 12.0. The molecule has 0 aliphatic rings. The molecular weight excluding hydrogens is 316 g/mol.